The summed E-state index contributed by atoms with van der Waals surface area (Å²) in [5.41, 5.74) is 0. The van der Waals surface area contributed by atoms with Crippen LogP contribution in [0.25, 0.3) is 0 Å². The van der Waals surface area contributed by atoms with E-state index in [2.05, 4.69) is 20.0 Å². The van der Waals surface area contributed by atoms with Gasteiger partial charge in [0.1, 0.15) is 11.3 Å². The van der Waals surface area contributed by atoms with Gasteiger partial charge in [-0.1, -0.05) is 23.2 Å². The molecular weight excluding hydrogens is 301 g/mol. The van der Waals surface area contributed by atoms with E-state index in [0.29, 0.717) is 26.2 Å². The van der Waals surface area contributed by atoms with Crippen LogP contribution in [0, 0.1) is 0 Å². The molecule has 100 valence electrons. The fourth-order valence-electron chi connectivity index (χ4n) is 1.49. The van der Waals surface area contributed by atoms with Crippen LogP contribution in [0.15, 0.2) is 6.33 Å². The topological polar surface area (TPSA) is 87.2 Å². The summed E-state index contributed by atoms with van der Waals surface area (Å²) in [6, 6.07) is 0. The predicted molar refractivity (Wildman–Crippen MR) is 69.0 cm³/mol. The highest BCUT2D eigenvalue weighted by Crippen LogP contribution is 2.26. The molecule has 0 aliphatic carbocycles. The third kappa shape index (κ3) is 3.01. The molecule has 0 aromatic carbocycles. The molecule has 18 heavy (non-hydrogen) atoms. The smallest absolute Gasteiger partial charge is 0.302 e. The van der Waals surface area contributed by atoms with E-state index in [9.17, 15) is 8.42 Å². The molecule has 0 unspecified atom stereocenters. The number of halogens is 2. The van der Waals surface area contributed by atoms with Gasteiger partial charge in [-0.3, -0.25) is 4.72 Å². The van der Waals surface area contributed by atoms with Crippen molar-refractivity contribution in [3.8, 4) is 0 Å². The second kappa shape index (κ2) is 5.54. The Morgan fingerprint density at radius 3 is 2.61 bits per heavy atom. The van der Waals surface area contributed by atoms with E-state index >= 15 is 0 Å². The van der Waals surface area contributed by atoms with E-state index in [1.807, 2.05) is 0 Å². The largest absolute Gasteiger partial charge is 0.314 e. The van der Waals surface area contributed by atoms with E-state index < -0.39 is 10.2 Å². The Kier molecular flexibility index (Phi) is 4.23. The Morgan fingerprint density at radius 2 is 1.94 bits per heavy atom. The third-order valence-electron chi connectivity index (χ3n) is 2.39. The molecule has 1 aliphatic heterocycles. The quantitative estimate of drug-likeness (QED) is 0.786. The molecule has 0 saturated carbocycles. The van der Waals surface area contributed by atoms with Gasteiger partial charge in [0.2, 0.25) is 0 Å². The average molecular weight is 312 g/mol. The van der Waals surface area contributed by atoms with Crippen molar-refractivity contribution in [3.05, 3.63) is 16.5 Å². The molecule has 1 aromatic heterocycles. The van der Waals surface area contributed by atoms with Crippen molar-refractivity contribution in [3.63, 3.8) is 0 Å². The van der Waals surface area contributed by atoms with Crippen LogP contribution in [-0.2, 0) is 10.2 Å². The number of piperazine rings is 1. The number of hydrogen-bond donors (Lipinski definition) is 2. The molecule has 0 bridgehead atoms. The summed E-state index contributed by atoms with van der Waals surface area (Å²) >= 11 is 11.5. The van der Waals surface area contributed by atoms with Crippen LogP contribution in [0.2, 0.25) is 10.2 Å². The maximum absolute atomic E-state index is 12.0. The fourth-order valence-corrected chi connectivity index (χ4v) is 3.02. The maximum atomic E-state index is 12.0. The van der Waals surface area contributed by atoms with Crippen molar-refractivity contribution in [1.82, 2.24) is 19.6 Å². The van der Waals surface area contributed by atoms with Gasteiger partial charge in [-0.2, -0.15) is 12.7 Å². The first kappa shape index (κ1) is 13.8. The van der Waals surface area contributed by atoms with Gasteiger partial charge in [-0.15, -0.1) is 0 Å². The van der Waals surface area contributed by atoms with Crippen LogP contribution < -0.4 is 10.0 Å². The lowest BCUT2D eigenvalue weighted by Gasteiger charge is -2.26. The highest BCUT2D eigenvalue weighted by Gasteiger charge is 2.25. The number of aromatic nitrogens is 2. The lowest BCUT2D eigenvalue weighted by Crippen LogP contribution is -2.48. The molecular formula is C8H11Cl2N5O2S. The summed E-state index contributed by atoms with van der Waals surface area (Å²) in [5, 5.41) is 3.05. The highest BCUT2D eigenvalue weighted by atomic mass is 35.5. The first-order valence-corrected chi connectivity index (χ1v) is 7.35. The molecule has 7 nitrogen and oxygen atoms in total. The van der Waals surface area contributed by atoms with Gasteiger partial charge in [0.05, 0.1) is 0 Å². The second-order valence-electron chi connectivity index (χ2n) is 3.58. The van der Waals surface area contributed by atoms with Crippen molar-refractivity contribution in [2.75, 3.05) is 30.9 Å². The minimum absolute atomic E-state index is 0.00433. The normalized spacial score (nSPS) is 17.7. The number of nitrogens with zero attached hydrogens (tertiary/aromatic N) is 3. The lowest BCUT2D eigenvalue weighted by atomic mass is 10.4. The van der Waals surface area contributed by atoms with Crippen LogP contribution in [0.3, 0.4) is 0 Å². The first-order valence-electron chi connectivity index (χ1n) is 5.15. The Bertz CT molecular complexity index is 532. The molecule has 0 radical (unpaired) electrons. The lowest BCUT2D eigenvalue weighted by molar-refractivity contribution is 0.362. The predicted octanol–water partition coefficient (Wildman–Crippen LogP) is 0.345. The molecule has 1 aliphatic rings. The fraction of sp³-hybridized carbons (Fsp3) is 0.500. The standard InChI is InChI=1S/C8H11Cl2N5O2S/c9-6-7(10)12-5-13-8(6)14-18(16,17)15-3-1-11-2-4-15/h5,11H,1-4H2,(H,12,13,14). The van der Waals surface area contributed by atoms with Crippen LogP contribution in [0.5, 0.6) is 0 Å². The van der Waals surface area contributed by atoms with E-state index in [0.717, 1.165) is 6.33 Å². The second-order valence-corrected chi connectivity index (χ2v) is 5.99. The average Bonchev–Trinajstić information content (AvgIpc) is 2.36. The number of rotatable bonds is 3. The minimum atomic E-state index is -3.67. The van der Waals surface area contributed by atoms with Gasteiger partial charge >= 0.3 is 10.2 Å². The Hall–Kier alpha value is -0.670. The highest BCUT2D eigenvalue weighted by molar-refractivity contribution is 7.90. The summed E-state index contributed by atoms with van der Waals surface area (Å²) in [6.45, 7) is 2.01. The molecule has 2 rings (SSSR count). The Morgan fingerprint density at radius 1 is 1.28 bits per heavy atom. The molecule has 0 amide bonds. The molecule has 0 spiro atoms. The van der Waals surface area contributed by atoms with Gasteiger partial charge in [0, 0.05) is 26.2 Å². The Labute approximate surface area is 115 Å². The number of anilines is 1. The molecule has 10 heteroatoms. The molecule has 1 aromatic rings. The first-order chi connectivity index (χ1) is 8.50. The summed E-state index contributed by atoms with van der Waals surface area (Å²) in [5.74, 6) is -0.0183. The van der Waals surface area contributed by atoms with Crippen LogP contribution in [0.4, 0.5) is 5.82 Å². The number of hydrogen-bond acceptors (Lipinski definition) is 5. The molecule has 0 atom stereocenters. The van der Waals surface area contributed by atoms with E-state index in [1.165, 1.54) is 4.31 Å². The summed E-state index contributed by atoms with van der Waals surface area (Å²) in [7, 11) is -3.67. The third-order valence-corrected chi connectivity index (χ3v) is 4.63. The van der Waals surface area contributed by atoms with Crippen molar-refractivity contribution in [2.24, 2.45) is 0 Å². The maximum Gasteiger partial charge on any atom is 0.302 e. The van der Waals surface area contributed by atoms with E-state index in [4.69, 9.17) is 23.2 Å². The zero-order valence-electron chi connectivity index (χ0n) is 9.23. The zero-order chi connectivity index (χ0) is 13.2. The molecule has 1 fully saturated rings. The van der Waals surface area contributed by atoms with Crippen molar-refractivity contribution < 1.29 is 8.42 Å². The Balaban J connectivity index is 2.19. The van der Waals surface area contributed by atoms with Crippen LogP contribution >= 0.6 is 23.2 Å². The van der Waals surface area contributed by atoms with Gasteiger partial charge in [-0.25, -0.2) is 9.97 Å². The van der Waals surface area contributed by atoms with Crippen molar-refractivity contribution >= 4 is 39.2 Å². The van der Waals surface area contributed by atoms with Gasteiger partial charge < -0.3 is 5.32 Å². The van der Waals surface area contributed by atoms with Crippen molar-refractivity contribution in [1.29, 1.82) is 0 Å². The van der Waals surface area contributed by atoms with Gasteiger partial charge in [-0.05, 0) is 0 Å². The van der Waals surface area contributed by atoms with E-state index in [-0.39, 0.29) is 16.0 Å². The molecule has 2 heterocycles. The van der Waals surface area contributed by atoms with Gasteiger partial charge in [0.25, 0.3) is 0 Å². The molecule has 2 N–H and O–H groups in total. The monoisotopic (exact) mass is 311 g/mol. The number of nitrogens with one attached hydrogen (secondary N) is 2. The zero-order valence-corrected chi connectivity index (χ0v) is 11.6. The van der Waals surface area contributed by atoms with Crippen LogP contribution in [0.1, 0.15) is 0 Å². The summed E-state index contributed by atoms with van der Waals surface area (Å²) in [6.07, 6.45) is 1.14. The van der Waals surface area contributed by atoms with E-state index in [1.54, 1.807) is 0 Å². The van der Waals surface area contributed by atoms with Gasteiger partial charge in [0.15, 0.2) is 11.0 Å². The van der Waals surface area contributed by atoms with Crippen LogP contribution in [-0.4, -0.2) is 48.9 Å². The van der Waals surface area contributed by atoms with Crippen molar-refractivity contribution in [2.45, 2.75) is 0 Å². The minimum Gasteiger partial charge on any atom is -0.314 e. The SMILES string of the molecule is O=S(=O)(Nc1ncnc(Cl)c1Cl)N1CCNCC1. The molecule has 1 saturated heterocycles. The summed E-state index contributed by atoms with van der Waals surface area (Å²) in [4.78, 5) is 7.40. The summed E-state index contributed by atoms with van der Waals surface area (Å²) < 4.78 is 27.7.